The molecule has 0 radical (unpaired) electrons. The molecule has 1 aliphatic carbocycles. The van der Waals surface area contributed by atoms with E-state index in [1.807, 2.05) is 0 Å². The van der Waals surface area contributed by atoms with Gasteiger partial charge in [0, 0.05) is 18.9 Å². The average molecular weight is 248 g/mol. The van der Waals surface area contributed by atoms with Crippen LogP contribution in [0.4, 0.5) is 13.2 Å². The molecule has 2 rings (SSSR count). The molecular weight excluding hydrogens is 237 g/mol. The summed E-state index contributed by atoms with van der Waals surface area (Å²) in [5.74, 6) is -0.00137. The van der Waals surface area contributed by atoms with Gasteiger partial charge in [0.05, 0.1) is 6.10 Å². The van der Waals surface area contributed by atoms with Crippen molar-refractivity contribution in [1.82, 2.24) is 0 Å². The lowest BCUT2D eigenvalue weighted by Gasteiger charge is -2.31. The van der Waals surface area contributed by atoms with E-state index in [2.05, 4.69) is 4.74 Å². The number of hydrogen-bond acceptors (Lipinski definition) is 3. The molecule has 1 saturated carbocycles. The third kappa shape index (κ3) is 3.52. The first-order valence-electron chi connectivity index (χ1n) is 5.13. The predicted octanol–water partition coefficient (Wildman–Crippen LogP) is 2.49. The van der Waals surface area contributed by atoms with E-state index in [4.69, 9.17) is 9.84 Å². The summed E-state index contributed by atoms with van der Waals surface area (Å²) in [6.45, 7) is 0. The minimum Gasteiger partial charge on any atom is -0.490 e. The maximum absolute atomic E-state index is 12.0. The van der Waals surface area contributed by atoms with Crippen LogP contribution in [0.1, 0.15) is 12.8 Å². The second-order valence-corrected chi connectivity index (χ2v) is 3.89. The van der Waals surface area contributed by atoms with Crippen molar-refractivity contribution in [3.63, 3.8) is 0 Å². The zero-order chi connectivity index (χ0) is 12.5. The third-order valence-electron chi connectivity index (χ3n) is 2.41. The van der Waals surface area contributed by atoms with Gasteiger partial charge in [-0.1, -0.05) is 6.07 Å². The number of ether oxygens (including phenoxy) is 2. The number of alkyl halides is 3. The molecule has 1 fully saturated rings. The Bertz CT molecular complexity index is 386. The van der Waals surface area contributed by atoms with Gasteiger partial charge in [-0.3, -0.25) is 0 Å². The molecule has 1 aliphatic rings. The van der Waals surface area contributed by atoms with Crippen molar-refractivity contribution in [1.29, 1.82) is 0 Å². The molecule has 17 heavy (non-hydrogen) atoms. The van der Waals surface area contributed by atoms with Crippen LogP contribution >= 0.6 is 0 Å². The van der Waals surface area contributed by atoms with Crippen molar-refractivity contribution >= 4 is 0 Å². The van der Waals surface area contributed by atoms with Crippen LogP contribution in [0.5, 0.6) is 11.5 Å². The average Bonchev–Trinajstić information content (AvgIpc) is 2.13. The van der Waals surface area contributed by atoms with E-state index in [9.17, 15) is 13.2 Å². The van der Waals surface area contributed by atoms with Crippen molar-refractivity contribution in [2.75, 3.05) is 0 Å². The second kappa shape index (κ2) is 4.44. The first-order chi connectivity index (χ1) is 7.92. The molecule has 1 aromatic rings. The fraction of sp³-hybridized carbons (Fsp3) is 0.455. The van der Waals surface area contributed by atoms with Crippen LogP contribution in [0.25, 0.3) is 0 Å². The standard InChI is InChI=1S/C11H11F3O3/c12-11(13,14)17-9-3-1-2-8(6-9)16-10-4-7(15)5-10/h1-3,6-7,10,15H,4-5H2/t7-,10-. The molecule has 0 amide bonds. The van der Waals surface area contributed by atoms with Crippen molar-refractivity contribution in [2.24, 2.45) is 0 Å². The molecule has 0 aromatic heterocycles. The fourth-order valence-electron chi connectivity index (χ4n) is 1.57. The van der Waals surface area contributed by atoms with Gasteiger partial charge >= 0.3 is 6.36 Å². The number of hydrogen-bond donors (Lipinski definition) is 1. The molecule has 0 aliphatic heterocycles. The molecule has 0 atom stereocenters. The molecule has 6 heteroatoms. The Morgan fingerprint density at radius 3 is 2.41 bits per heavy atom. The summed E-state index contributed by atoms with van der Waals surface area (Å²) in [5.41, 5.74) is 0. The Labute approximate surface area is 95.8 Å². The van der Waals surface area contributed by atoms with Crippen LogP contribution < -0.4 is 9.47 Å². The first kappa shape index (κ1) is 12.0. The molecule has 0 saturated heterocycles. The quantitative estimate of drug-likeness (QED) is 0.893. The Kier molecular flexibility index (Phi) is 3.15. The zero-order valence-corrected chi connectivity index (χ0v) is 8.78. The molecule has 94 valence electrons. The summed E-state index contributed by atoms with van der Waals surface area (Å²) in [5, 5.41) is 9.05. The minimum atomic E-state index is -4.70. The van der Waals surface area contributed by atoms with Crippen LogP contribution in [0.3, 0.4) is 0 Å². The second-order valence-electron chi connectivity index (χ2n) is 3.89. The lowest BCUT2D eigenvalue weighted by molar-refractivity contribution is -0.274. The maximum Gasteiger partial charge on any atom is 0.573 e. The molecule has 1 N–H and O–H groups in total. The lowest BCUT2D eigenvalue weighted by Crippen LogP contribution is -2.37. The zero-order valence-electron chi connectivity index (χ0n) is 8.78. The molecular formula is C11H11F3O3. The molecule has 3 nitrogen and oxygen atoms in total. The largest absolute Gasteiger partial charge is 0.573 e. The van der Waals surface area contributed by atoms with Gasteiger partial charge in [0.25, 0.3) is 0 Å². The molecule has 1 aromatic carbocycles. The van der Waals surface area contributed by atoms with Crippen LogP contribution in [0.15, 0.2) is 24.3 Å². The van der Waals surface area contributed by atoms with Gasteiger partial charge in [-0.2, -0.15) is 0 Å². The predicted molar refractivity (Wildman–Crippen MR) is 52.8 cm³/mol. The highest BCUT2D eigenvalue weighted by Gasteiger charge is 2.32. The van der Waals surface area contributed by atoms with Crippen molar-refractivity contribution in [2.45, 2.75) is 31.4 Å². The number of rotatable bonds is 3. The Morgan fingerprint density at radius 1 is 1.18 bits per heavy atom. The van der Waals surface area contributed by atoms with Gasteiger partial charge in [-0.05, 0) is 12.1 Å². The van der Waals surface area contributed by atoms with Gasteiger partial charge in [-0.25, -0.2) is 0 Å². The topological polar surface area (TPSA) is 38.7 Å². The van der Waals surface area contributed by atoms with E-state index >= 15 is 0 Å². The summed E-state index contributed by atoms with van der Waals surface area (Å²) >= 11 is 0. The van der Waals surface area contributed by atoms with Crippen LogP contribution in [-0.2, 0) is 0 Å². The third-order valence-corrected chi connectivity index (χ3v) is 2.41. The minimum absolute atomic E-state index is 0.133. The van der Waals surface area contributed by atoms with Crippen LogP contribution in [0.2, 0.25) is 0 Å². The van der Waals surface area contributed by atoms with Gasteiger partial charge in [0.1, 0.15) is 17.6 Å². The highest BCUT2D eigenvalue weighted by Crippen LogP contribution is 2.29. The first-order valence-corrected chi connectivity index (χ1v) is 5.13. The van der Waals surface area contributed by atoms with E-state index in [0.29, 0.717) is 18.6 Å². The highest BCUT2D eigenvalue weighted by atomic mass is 19.4. The van der Waals surface area contributed by atoms with Crippen molar-refractivity contribution in [3.05, 3.63) is 24.3 Å². The number of benzene rings is 1. The summed E-state index contributed by atoms with van der Waals surface area (Å²) in [6.07, 6.45) is -4.19. The lowest BCUT2D eigenvalue weighted by atomic mass is 9.92. The summed E-state index contributed by atoms with van der Waals surface area (Å²) in [7, 11) is 0. The van der Waals surface area contributed by atoms with E-state index < -0.39 is 6.36 Å². The Balaban J connectivity index is 1.96. The SMILES string of the molecule is O[C@H]1C[C@H](Oc2cccc(OC(F)(F)F)c2)C1. The van der Waals surface area contributed by atoms with Crippen molar-refractivity contribution in [3.8, 4) is 11.5 Å². The highest BCUT2D eigenvalue weighted by molar-refractivity contribution is 5.33. The van der Waals surface area contributed by atoms with E-state index in [1.165, 1.54) is 18.2 Å². The smallest absolute Gasteiger partial charge is 0.490 e. The van der Waals surface area contributed by atoms with Crippen LogP contribution in [0, 0.1) is 0 Å². The maximum atomic E-state index is 12.0. The molecule has 0 bridgehead atoms. The molecule has 0 heterocycles. The Hall–Kier alpha value is -1.43. The summed E-state index contributed by atoms with van der Waals surface area (Å²) in [4.78, 5) is 0. The van der Waals surface area contributed by atoms with E-state index in [0.717, 1.165) is 0 Å². The van der Waals surface area contributed by atoms with Gasteiger partial charge in [0.15, 0.2) is 0 Å². The van der Waals surface area contributed by atoms with Crippen molar-refractivity contribution < 1.29 is 27.8 Å². The summed E-state index contributed by atoms with van der Waals surface area (Å²) in [6, 6.07) is 5.35. The van der Waals surface area contributed by atoms with Gasteiger partial charge < -0.3 is 14.6 Å². The summed E-state index contributed by atoms with van der Waals surface area (Å²) < 4.78 is 45.0. The van der Waals surface area contributed by atoms with Crippen LogP contribution in [-0.4, -0.2) is 23.7 Å². The Morgan fingerprint density at radius 2 is 1.82 bits per heavy atom. The van der Waals surface area contributed by atoms with Gasteiger partial charge in [-0.15, -0.1) is 13.2 Å². The van der Waals surface area contributed by atoms with E-state index in [-0.39, 0.29) is 18.0 Å². The molecule has 0 spiro atoms. The number of aliphatic hydroxyl groups excluding tert-OH is 1. The monoisotopic (exact) mass is 248 g/mol. The normalized spacial score (nSPS) is 24.0. The molecule has 0 unspecified atom stereocenters. The van der Waals surface area contributed by atoms with Gasteiger partial charge in [0.2, 0.25) is 0 Å². The van der Waals surface area contributed by atoms with E-state index in [1.54, 1.807) is 6.07 Å². The fourth-order valence-corrected chi connectivity index (χ4v) is 1.57. The number of aliphatic hydroxyl groups is 1. The number of halogens is 3.